The van der Waals surface area contributed by atoms with Crippen molar-refractivity contribution >= 4 is 5.91 Å². The number of hydrogen-bond donors (Lipinski definition) is 1. The van der Waals surface area contributed by atoms with Crippen LogP contribution in [0.25, 0.3) is 0 Å². The molecule has 0 aromatic rings. The number of carbonyl (C=O) groups excluding carboxylic acids is 1. The van der Waals surface area contributed by atoms with E-state index >= 15 is 0 Å². The van der Waals surface area contributed by atoms with Crippen LogP contribution >= 0.6 is 0 Å². The molecule has 94 valence electrons. The fraction of sp³-hybridized carbons (Fsp3) is 0.917. The average Bonchev–Trinajstić information content (AvgIpc) is 2.27. The molecule has 0 aromatic heterocycles. The van der Waals surface area contributed by atoms with Crippen LogP contribution < -0.4 is 0 Å². The lowest BCUT2D eigenvalue weighted by Gasteiger charge is -2.38. The zero-order valence-electron chi connectivity index (χ0n) is 10.5. The molecule has 0 saturated carbocycles. The number of aliphatic hydroxyl groups is 1. The van der Waals surface area contributed by atoms with E-state index in [0.717, 1.165) is 32.6 Å². The second-order valence-electron chi connectivity index (χ2n) is 4.47. The highest BCUT2D eigenvalue weighted by Crippen LogP contribution is 2.17. The molecule has 4 nitrogen and oxygen atoms in total. The standard InChI is InChI=1S/C12H24N2O2/c1-3-13(11(2)16)10-12-6-4-5-7-14(12)8-9-15/h12,15H,3-10H2,1-2H3/t12-/m0/s1. The molecular weight excluding hydrogens is 204 g/mol. The van der Waals surface area contributed by atoms with Gasteiger partial charge >= 0.3 is 0 Å². The van der Waals surface area contributed by atoms with Crippen LogP contribution in [0.15, 0.2) is 0 Å². The molecule has 1 rings (SSSR count). The Morgan fingerprint density at radius 2 is 2.25 bits per heavy atom. The zero-order chi connectivity index (χ0) is 12.0. The van der Waals surface area contributed by atoms with Crippen molar-refractivity contribution in [2.75, 3.05) is 32.8 Å². The molecule has 4 heteroatoms. The van der Waals surface area contributed by atoms with Crippen molar-refractivity contribution in [2.24, 2.45) is 0 Å². The summed E-state index contributed by atoms with van der Waals surface area (Å²) in [4.78, 5) is 15.6. The van der Waals surface area contributed by atoms with Crippen LogP contribution in [0.4, 0.5) is 0 Å². The number of carbonyl (C=O) groups is 1. The average molecular weight is 228 g/mol. The number of rotatable bonds is 5. The highest BCUT2D eigenvalue weighted by Gasteiger charge is 2.24. The lowest BCUT2D eigenvalue weighted by Crippen LogP contribution is -2.48. The highest BCUT2D eigenvalue weighted by molar-refractivity contribution is 5.73. The Balaban J connectivity index is 2.50. The smallest absolute Gasteiger partial charge is 0.219 e. The maximum Gasteiger partial charge on any atom is 0.219 e. The van der Waals surface area contributed by atoms with Gasteiger partial charge in [-0.25, -0.2) is 0 Å². The number of aliphatic hydroxyl groups excluding tert-OH is 1. The van der Waals surface area contributed by atoms with Crippen LogP contribution in [0.2, 0.25) is 0 Å². The molecule has 1 aliphatic heterocycles. The Morgan fingerprint density at radius 3 is 2.81 bits per heavy atom. The Bertz CT molecular complexity index is 219. The van der Waals surface area contributed by atoms with E-state index < -0.39 is 0 Å². The van der Waals surface area contributed by atoms with Crippen LogP contribution in [-0.4, -0.2) is 59.6 Å². The molecule has 1 fully saturated rings. The quantitative estimate of drug-likeness (QED) is 0.753. The van der Waals surface area contributed by atoms with Gasteiger partial charge in [-0.2, -0.15) is 0 Å². The second kappa shape index (κ2) is 6.86. The van der Waals surface area contributed by atoms with E-state index in [-0.39, 0.29) is 12.5 Å². The van der Waals surface area contributed by atoms with Crippen molar-refractivity contribution in [1.29, 1.82) is 0 Å². The summed E-state index contributed by atoms with van der Waals surface area (Å²) in [7, 11) is 0. The summed E-state index contributed by atoms with van der Waals surface area (Å²) in [5, 5.41) is 9.01. The van der Waals surface area contributed by atoms with Crippen LogP contribution in [0.3, 0.4) is 0 Å². The first-order valence-electron chi connectivity index (χ1n) is 6.29. The molecule has 1 aliphatic rings. The largest absolute Gasteiger partial charge is 0.395 e. The third-order valence-electron chi connectivity index (χ3n) is 3.39. The van der Waals surface area contributed by atoms with Crippen molar-refractivity contribution in [3.05, 3.63) is 0 Å². The summed E-state index contributed by atoms with van der Waals surface area (Å²) in [6.45, 7) is 7.23. The fourth-order valence-electron chi connectivity index (χ4n) is 2.42. The Labute approximate surface area is 98.2 Å². The Hall–Kier alpha value is -0.610. The van der Waals surface area contributed by atoms with Gasteiger partial charge in [0.1, 0.15) is 0 Å². The molecule has 1 N–H and O–H groups in total. The Morgan fingerprint density at radius 1 is 1.50 bits per heavy atom. The van der Waals surface area contributed by atoms with E-state index in [9.17, 15) is 4.79 Å². The zero-order valence-corrected chi connectivity index (χ0v) is 10.5. The van der Waals surface area contributed by atoms with Gasteiger partial charge in [0.05, 0.1) is 6.61 Å². The molecule has 1 amide bonds. The third-order valence-corrected chi connectivity index (χ3v) is 3.39. The third kappa shape index (κ3) is 3.76. The minimum Gasteiger partial charge on any atom is -0.395 e. The van der Waals surface area contributed by atoms with Gasteiger partial charge in [0.15, 0.2) is 0 Å². The number of β-amino-alcohol motifs (C(OH)–C–C–N with tert-alkyl or cyclic N) is 1. The van der Waals surface area contributed by atoms with Gasteiger partial charge in [-0.15, -0.1) is 0 Å². The SMILES string of the molecule is CCN(C[C@@H]1CCCCN1CCO)C(C)=O. The van der Waals surface area contributed by atoms with Gasteiger partial charge in [0.2, 0.25) is 5.91 Å². The number of likely N-dealkylation sites (N-methyl/N-ethyl adjacent to an activating group) is 1. The van der Waals surface area contributed by atoms with Gasteiger partial charge in [-0.3, -0.25) is 9.69 Å². The van der Waals surface area contributed by atoms with Gasteiger partial charge in [-0.05, 0) is 26.3 Å². The number of likely N-dealkylation sites (tertiary alicyclic amines) is 1. The lowest BCUT2D eigenvalue weighted by atomic mass is 10.0. The fourth-order valence-corrected chi connectivity index (χ4v) is 2.42. The highest BCUT2D eigenvalue weighted by atomic mass is 16.3. The molecule has 0 spiro atoms. The summed E-state index contributed by atoms with van der Waals surface area (Å²) < 4.78 is 0. The van der Waals surface area contributed by atoms with Gasteiger partial charge in [0.25, 0.3) is 0 Å². The van der Waals surface area contributed by atoms with Crippen molar-refractivity contribution in [3.8, 4) is 0 Å². The van der Waals surface area contributed by atoms with Gasteiger partial charge in [0, 0.05) is 32.6 Å². The summed E-state index contributed by atoms with van der Waals surface area (Å²) >= 11 is 0. The predicted molar refractivity (Wildman–Crippen MR) is 64.2 cm³/mol. The first kappa shape index (κ1) is 13.5. The Kier molecular flexibility index (Phi) is 5.77. The van der Waals surface area contributed by atoms with E-state index in [1.165, 1.54) is 12.8 Å². The van der Waals surface area contributed by atoms with E-state index in [2.05, 4.69) is 4.90 Å². The van der Waals surface area contributed by atoms with Crippen molar-refractivity contribution in [3.63, 3.8) is 0 Å². The first-order valence-corrected chi connectivity index (χ1v) is 6.29. The van der Waals surface area contributed by atoms with Crippen LogP contribution in [0.1, 0.15) is 33.1 Å². The number of amides is 1. The van der Waals surface area contributed by atoms with E-state index in [0.29, 0.717) is 6.04 Å². The lowest BCUT2D eigenvalue weighted by molar-refractivity contribution is -0.129. The summed E-state index contributed by atoms with van der Waals surface area (Å²) in [5.41, 5.74) is 0. The monoisotopic (exact) mass is 228 g/mol. The van der Waals surface area contributed by atoms with E-state index in [1.54, 1.807) is 6.92 Å². The maximum absolute atomic E-state index is 11.4. The summed E-state index contributed by atoms with van der Waals surface area (Å²) in [6.07, 6.45) is 3.59. The van der Waals surface area contributed by atoms with Crippen molar-refractivity contribution in [2.45, 2.75) is 39.2 Å². The van der Waals surface area contributed by atoms with Crippen LogP contribution in [-0.2, 0) is 4.79 Å². The minimum absolute atomic E-state index is 0.150. The second-order valence-corrected chi connectivity index (χ2v) is 4.47. The molecule has 0 unspecified atom stereocenters. The maximum atomic E-state index is 11.4. The summed E-state index contributed by atoms with van der Waals surface area (Å²) in [5.74, 6) is 0.150. The van der Waals surface area contributed by atoms with Crippen molar-refractivity contribution in [1.82, 2.24) is 9.80 Å². The number of hydrogen-bond acceptors (Lipinski definition) is 3. The van der Waals surface area contributed by atoms with E-state index in [1.807, 2.05) is 11.8 Å². The topological polar surface area (TPSA) is 43.8 Å². The molecular formula is C12H24N2O2. The van der Waals surface area contributed by atoms with Gasteiger partial charge < -0.3 is 10.0 Å². The molecule has 0 radical (unpaired) electrons. The molecule has 16 heavy (non-hydrogen) atoms. The molecule has 1 heterocycles. The van der Waals surface area contributed by atoms with E-state index in [4.69, 9.17) is 5.11 Å². The molecule has 0 aliphatic carbocycles. The number of piperidine rings is 1. The molecule has 1 saturated heterocycles. The molecule has 1 atom stereocenters. The molecule has 0 bridgehead atoms. The van der Waals surface area contributed by atoms with Crippen molar-refractivity contribution < 1.29 is 9.90 Å². The minimum atomic E-state index is 0.150. The predicted octanol–water partition coefficient (Wildman–Crippen LogP) is 0.702. The molecule has 0 aromatic carbocycles. The summed E-state index contributed by atoms with van der Waals surface area (Å²) in [6, 6.07) is 0.435. The number of nitrogens with zero attached hydrogens (tertiary/aromatic N) is 2. The van der Waals surface area contributed by atoms with Crippen LogP contribution in [0.5, 0.6) is 0 Å². The van der Waals surface area contributed by atoms with Gasteiger partial charge in [-0.1, -0.05) is 6.42 Å². The normalized spacial score (nSPS) is 22.1. The van der Waals surface area contributed by atoms with Crippen LogP contribution in [0, 0.1) is 0 Å². The first-order chi connectivity index (χ1) is 7.69.